The number of benzene rings is 1. The highest BCUT2D eigenvalue weighted by molar-refractivity contribution is 5.94. The first-order chi connectivity index (χ1) is 8.79. The summed E-state index contributed by atoms with van der Waals surface area (Å²) < 4.78 is 2.00. The van der Waals surface area contributed by atoms with Gasteiger partial charge in [-0.3, -0.25) is 4.79 Å². The van der Waals surface area contributed by atoms with E-state index in [1.807, 2.05) is 35.2 Å². The van der Waals surface area contributed by atoms with Crippen molar-refractivity contribution in [2.75, 3.05) is 6.54 Å². The third-order valence-electron chi connectivity index (χ3n) is 2.60. The second kappa shape index (κ2) is 5.69. The largest absolute Gasteiger partial charge is 0.353 e. The Labute approximate surface area is 105 Å². The lowest BCUT2D eigenvalue weighted by Crippen LogP contribution is -2.26. The van der Waals surface area contributed by atoms with Gasteiger partial charge >= 0.3 is 0 Å². The summed E-state index contributed by atoms with van der Waals surface area (Å²) in [7, 11) is 0. The van der Waals surface area contributed by atoms with Crippen LogP contribution in [0.15, 0.2) is 48.8 Å². The number of aromatic nitrogens is 1. The van der Waals surface area contributed by atoms with Crippen LogP contribution >= 0.6 is 0 Å². The number of nitriles is 1. The molecule has 4 nitrogen and oxygen atoms in total. The molecule has 0 saturated carbocycles. The minimum atomic E-state index is -0.119. The normalized spacial score (nSPS) is 9.72. The SMILES string of the molecule is N#Cc1ccc(C(=O)NCCn2cccc2)cc1. The minimum absolute atomic E-state index is 0.119. The van der Waals surface area contributed by atoms with Gasteiger partial charge in [0.25, 0.3) is 5.91 Å². The van der Waals surface area contributed by atoms with E-state index in [9.17, 15) is 4.79 Å². The van der Waals surface area contributed by atoms with Crippen LogP contribution in [-0.4, -0.2) is 17.0 Å². The molecule has 1 N–H and O–H groups in total. The molecule has 0 spiro atoms. The van der Waals surface area contributed by atoms with E-state index in [2.05, 4.69) is 5.32 Å². The van der Waals surface area contributed by atoms with E-state index in [0.29, 0.717) is 17.7 Å². The molecule has 0 unspecified atom stereocenters. The first-order valence-electron chi connectivity index (χ1n) is 5.69. The maximum atomic E-state index is 11.8. The zero-order valence-electron chi connectivity index (χ0n) is 9.84. The van der Waals surface area contributed by atoms with Crippen molar-refractivity contribution in [2.24, 2.45) is 0 Å². The van der Waals surface area contributed by atoms with Crippen LogP contribution in [0.2, 0.25) is 0 Å². The van der Waals surface area contributed by atoms with Gasteiger partial charge in [-0.15, -0.1) is 0 Å². The fourth-order valence-electron chi connectivity index (χ4n) is 1.62. The molecule has 18 heavy (non-hydrogen) atoms. The molecule has 0 aliphatic heterocycles. The molecule has 1 heterocycles. The first-order valence-corrected chi connectivity index (χ1v) is 5.69. The number of rotatable bonds is 4. The van der Waals surface area contributed by atoms with Crippen LogP contribution < -0.4 is 5.32 Å². The smallest absolute Gasteiger partial charge is 0.251 e. The van der Waals surface area contributed by atoms with Gasteiger partial charge in [-0.25, -0.2) is 0 Å². The van der Waals surface area contributed by atoms with Crippen LogP contribution in [0, 0.1) is 11.3 Å². The van der Waals surface area contributed by atoms with Crippen molar-refractivity contribution < 1.29 is 4.79 Å². The van der Waals surface area contributed by atoms with Crippen LogP contribution in [0.3, 0.4) is 0 Å². The van der Waals surface area contributed by atoms with Crippen LogP contribution in [0.25, 0.3) is 0 Å². The lowest BCUT2D eigenvalue weighted by Gasteiger charge is -2.06. The zero-order chi connectivity index (χ0) is 12.8. The lowest BCUT2D eigenvalue weighted by atomic mass is 10.1. The van der Waals surface area contributed by atoms with Crippen molar-refractivity contribution in [1.29, 1.82) is 5.26 Å². The second-order valence-corrected chi connectivity index (χ2v) is 3.87. The fourth-order valence-corrected chi connectivity index (χ4v) is 1.62. The summed E-state index contributed by atoms with van der Waals surface area (Å²) in [5.41, 5.74) is 1.13. The van der Waals surface area contributed by atoms with Gasteiger partial charge < -0.3 is 9.88 Å². The van der Waals surface area contributed by atoms with Gasteiger partial charge in [0.2, 0.25) is 0 Å². The predicted octanol–water partition coefficient (Wildman–Crippen LogP) is 1.79. The molecule has 0 aliphatic rings. The van der Waals surface area contributed by atoms with Crippen molar-refractivity contribution in [1.82, 2.24) is 9.88 Å². The zero-order valence-corrected chi connectivity index (χ0v) is 9.84. The average Bonchev–Trinajstić information content (AvgIpc) is 2.92. The molecule has 0 aliphatic carbocycles. The van der Waals surface area contributed by atoms with E-state index in [-0.39, 0.29) is 5.91 Å². The summed E-state index contributed by atoms with van der Waals surface area (Å²) in [5.74, 6) is -0.119. The number of nitrogens with one attached hydrogen (secondary N) is 1. The molecular formula is C14H13N3O. The van der Waals surface area contributed by atoms with Crippen molar-refractivity contribution >= 4 is 5.91 Å². The van der Waals surface area contributed by atoms with E-state index < -0.39 is 0 Å². The summed E-state index contributed by atoms with van der Waals surface area (Å²) in [6.07, 6.45) is 3.90. The number of hydrogen-bond acceptors (Lipinski definition) is 2. The van der Waals surface area contributed by atoms with Gasteiger partial charge in [0.15, 0.2) is 0 Å². The Morgan fingerprint density at radius 3 is 2.50 bits per heavy atom. The van der Waals surface area contributed by atoms with Crippen molar-refractivity contribution in [3.63, 3.8) is 0 Å². The Balaban J connectivity index is 1.86. The molecule has 0 radical (unpaired) electrons. The minimum Gasteiger partial charge on any atom is -0.353 e. The fraction of sp³-hybridized carbons (Fsp3) is 0.143. The summed E-state index contributed by atoms with van der Waals surface area (Å²) in [6.45, 7) is 1.32. The molecule has 0 bridgehead atoms. The van der Waals surface area contributed by atoms with E-state index >= 15 is 0 Å². The predicted molar refractivity (Wildman–Crippen MR) is 67.9 cm³/mol. The average molecular weight is 239 g/mol. The molecule has 2 aromatic rings. The summed E-state index contributed by atoms with van der Waals surface area (Å²) in [6, 6.07) is 12.5. The molecule has 4 heteroatoms. The maximum Gasteiger partial charge on any atom is 0.251 e. The Hall–Kier alpha value is -2.54. The lowest BCUT2D eigenvalue weighted by molar-refractivity contribution is 0.0952. The van der Waals surface area contributed by atoms with Gasteiger partial charge in [0.1, 0.15) is 0 Å². The monoisotopic (exact) mass is 239 g/mol. The highest BCUT2D eigenvalue weighted by Gasteiger charge is 2.04. The molecule has 90 valence electrons. The van der Waals surface area contributed by atoms with Gasteiger partial charge in [-0.1, -0.05) is 0 Å². The van der Waals surface area contributed by atoms with Gasteiger partial charge in [-0.05, 0) is 36.4 Å². The second-order valence-electron chi connectivity index (χ2n) is 3.87. The van der Waals surface area contributed by atoms with Crippen LogP contribution in [-0.2, 0) is 6.54 Å². The standard InChI is InChI=1S/C14H13N3O/c15-11-12-3-5-13(6-4-12)14(18)16-7-10-17-8-1-2-9-17/h1-6,8-9H,7,10H2,(H,16,18). The molecule has 1 aromatic carbocycles. The Morgan fingerprint density at radius 2 is 1.89 bits per heavy atom. The molecule has 2 rings (SSSR count). The highest BCUT2D eigenvalue weighted by Crippen LogP contribution is 2.02. The van der Waals surface area contributed by atoms with Crippen LogP contribution in [0.5, 0.6) is 0 Å². The maximum absolute atomic E-state index is 11.8. The third-order valence-corrected chi connectivity index (χ3v) is 2.60. The quantitative estimate of drug-likeness (QED) is 0.884. The van der Waals surface area contributed by atoms with E-state index in [4.69, 9.17) is 5.26 Å². The van der Waals surface area contributed by atoms with Crippen LogP contribution in [0.1, 0.15) is 15.9 Å². The third kappa shape index (κ3) is 2.98. The van der Waals surface area contributed by atoms with Gasteiger partial charge in [0, 0.05) is 31.0 Å². The van der Waals surface area contributed by atoms with Gasteiger partial charge in [0.05, 0.1) is 11.6 Å². The number of nitrogens with zero attached hydrogens (tertiary/aromatic N) is 2. The van der Waals surface area contributed by atoms with E-state index in [0.717, 1.165) is 6.54 Å². The van der Waals surface area contributed by atoms with Crippen molar-refractivity contribution in [3.8, 4) is 6.07 Å². The van der Waals surface area contributed by atoms with E-state index in [1.165, 1.54) is 0 Å². The number of carbonyl (C=O) groups is 1. The topological polar surface area (TPSA) is 57.8 Å². The Kier molecular flexibility index (Phi) is 3.77. The number of amides is 1. The first kappa shape index (κ1) is 11.9. The van der Waals surface area contributed by atoms with Crippen molar-refractivity contribution in [2.45, 2.75) is 6.54 Å². The summed E-state index contributed by atoms with van der Waals surface area (Å²) in [5, 5.41) is 11.5. The number of carbonyl (C=O) groups excluding carboxylic acids is 1. The summed E-state index contributed by atoms with van der Waals surface area (Å²) >= 11 is 0. The molecular weight excluding hydrogens is 226 g/mol. The molecule has 1 amide bonds. The highest BCUT2D eigenvalue weighted by atomic mass is 16.1. The van der Waals surface area contributed by atoms with Crippen molar-refractivity contribution in [3.05, 3.63) is 59.9 Å². The Morgan fingerprint density at radius 1 is 1.22 bits per heavy atom. The molecule has 0 saturated heterocycles. The van der Waals surface area contributed by atoms with Crippen LogP contribution in [0.4, 0.5) is 0 Å². The molecule has 0 fully saturated rings. The molecule has 1 aromatic heterocycles. The van der Waals surface area contributed by atoms with Gasteiger partial charge in [-0.2, -0.15) is 5.26 Å². The molecule has 0 atom stereocenters. The summed E-state index contributed by atoms with van der Waals surface area (Å²) in [4.78, 5) is 11.8. The number of hydrogen-bond donors (Lipinski definition) is 1. The Bertz CT molecular complexity index is 550. The van der Waals surface area contributed by atoms with E-state index in [1.54, 1.807) is 24.3 Å².